The third-order valence-corrected chi connectivity index (χ3v) is 6.69. The number of hydrogen-bond acceptors (Lipinski definition) is 7. The predicted octanol–water partition coefficient (Wildman–Crippen LogP) is 2.53. The number of allylic oxidation sites excluding steroid dienone is 1. The zero-order valence-electron chi connectivity index (χ0n) is 20.5. The lowest BCUT2D eigenvalue weighted by Gasteiger charge is -2.24. The maximum atomic E-state index is 13.2. The van der Waals surface area contributed by atoms with Crippen molar-refractivity contribution in [3.05, 3.63) is 77.4 Å². The highest BCUT2D eigenvalue weighted by Gasteiger charge is 2.37. The molecule has 0 radical (unpaired) electrons. The van der Waals surface area contributed by atoms with Gasteiger partial charge in [-0.05, 0) is 55.9 Å². The zero-order valence-corrected chi connectivity index (χ0v) is 20.5. The highest BCUT2D eigenvalue weighted by atomic mass is 16.2. The van der Waals surface area contributed by atoms with Crippen LogP contribution in [0, 0.1) is 17.2 Å². The van der Waals surface area contributed by atoms with Gasteiger partial charge in [0.15, 0.2) is 11.5 Å². The molecule has 1 unspecified atom stereocenters. The van der Waals surface area contributed by atoms with Gasteiger partial charge in [-0.2, -0.15) is 5.26 Å². The second-order valence-corrected chi connectivity index (χ2v) is 9.33. The number of pyridine rings is 1. The number of carbonyl (C=O) groups is 3. The summed E-state index contributed by atoms with van der Waals surface area (Å²) in [6, 6.07) is 13.2. The van der Waals surface area contributed by atoms with Gasteiger partial charge in [-0.1, -0.05) is 24.3 Å². The first-order valence-corrected chi connectivity index (χ1v) is 12.3. The number of hydrogen-bond donors (Lipinski definition) is 3. The van der Waals surface area contributed by atoms with E-state index in [2.05, 4.69) is 15.3 Å². The monoisotopic (exact) mass is 510 g/mol. The number of amides is 3. The van der Waals surface area contributed by atoms with Crippen LogP contribution < -0.4 is 16.9 Å². The molecule has 2 aliphatic rings. The van der Waals surface area contributed by atoms with Crippen LogP contribution in [0.5, 0.6) is 0 Å². The smallest absolute Gasteiger partial charge is 0.269 e. The molecule has 1 atom stereocenters. The summed E-state index contributed by atoms with van der Waals surface area (Å²) >= 11 is 0. The summed E-state index contributed by atoms with van der Waals surface area (Å²) in [6.07, 6.45) is 6.54. The van der Waals surface area contributed by atoms with Crippen molar-refractivity contribution >= 4 is 23.5 Å². The summed E-state index contributed by atoms with van der Waals surface area (Å²) < 4.78 is 1.13. The second kappa shape index (κ2) is 10.2. The average Bonchev–Trinajstić information content (AvgIpc) is 3.49. The number of nitrogens with zero attached hydrogens (tertiary/aromatic N) is 5. The number of rotatable bonds is 7. The Morgan fingerprint density at radius 2 is 1.87 bits per heavy atom. The van der Waals surface area contributed by atoms with Gasteiger partial charge in [0.25, 0.3) is 17.7 Å². The Labute approximate surface area is 218 Å². The van der Waals surface area contributed by atoms with E-state index in [0.29, 0.717) is 42.2 Å². The molecule has 1 saturated carbocycles. The van der Waals surface area contributed by atoms with Crippen molar-refractivity contribution in [1.29, 1.82) is 5.26 Å². The Morgan fingerprint density at radius 3 is 2.50 bits per heavy atom. The summed E-state index contributed by atoms with van der Waals surface area (Å²) in [4.78, 5) is 48.5. The van der Waals surface area contributed by atoms with Gasteiger partial charge in [0, 0.05) is 23.9 Å². The normalized spacial score (nSPS) is 17.2. The van der Waals surface area contributed by atoms with Crippen LogP contribution in [0.15, 0.2) is 60.3 Å². The lowest BCUT2D eigenvalue weighted by atomic mass is 10.1. The van der Waals surface area contributed by atoms with Crippen molar-refractivity contribution in [2.45, 2.75) is 31.7 Å². The summed E-state index contributed by atoms with van der Waals surface area (Å²) in [5.41, 5.74) is 6.93. The molecule has 2 fully saturated rings. The van der Waals surface area contributed by atoms with E-state index in [0.717, 1.165) is 17.5 Å². The van der Waals surface area contributed by atoms with Crippen molar-refractivity contribution in [1.82, 2.24) is 19.5 Å². The number of nitriles is 1. The van der Waals surface area contributed by atoms with E-state index in [1.807, 2.05) is 6.07 Å². The topological polar surface area (TPSA) is 173 Å². The van der Waals surface area contributed by atoms with E-state index in [9.17, 15) is 19.6 Å². The van der Waals surface area contributed by atoms with Crippen LogP contribution in [0.1, 0.15) is 58.4 Å². The number of nitrogens with one attached hydrogen (secondary N) is 1. The van der Waals surface area contributed by atoms with Crippen molar-refractivity contribution in [3.8, 4) is 17.3 Å². The fraction of sp³-hybridized carbons (Fsp3) is 0.259. The number of aromatic nitrogens is 3. The maximum Gasteiger partial charge on any atom is 0.269 e. The van der Waals surface area contributed by atoms with E-state index in [4.69, 9.17) is 11.6 Å². The van der Waals surface area contributed by atoms with Crippen LogP contribution in [0.3, 0.4) is 0 Å². The number of benzene rings is 1. The van der Waals surface area contributed by atoms with Gasteiger partial charge >= 0.3 is 0 Å². The quantitative estimate of drug-likeness (QED) is 0.249. The molecule has 3 aromatic rings. The standard InChI is InChI=1S/C27H26N8O3/c28-15-19(14-16-6-7-16)27(38)34-13-3-4-20(34)25-33-22(23(24(29)36)35(25)30)17-8-10-18(11-9-17)26(37)32-21-5-1-2-12-31-21/h1-2,5,8-12,14,16,20H,3-4,6-7,13,30H2,(H2,29,36)(H,31,32,37). The Hall–Kier alpha value is -4.98. The lowest BCUT2D eigenvalue weighted by Crippen LogP contribution is -2.34. The molecule has 11 heteroatoms. The number of nitrogen functional groups attached to an aromatic ring is 1. The zero-order chi connectivity index (χ0) is 26.8. The number of carbonyl (C=O) groups excluding carboxylic acids is 3. The number of primary amides is 1. The van der Waals surface area contributed by atoms with Crippen LogP contribution in [0.25, 0.3) is 11.3 Å². The van der Waals surface area contributed by atoms with Gasteiger partial charge in [0.05, 0.1) is 6.04 Å². The highest BCUT2D eigenvalue weighted by Crippen LogP contribution is 2.36. The predicted molar refractivity (Wildman–Crippen MR) is 139 cm³/mol. The molecule has 3 heterocycles. The molecule has 1 aromatic carbocycles. The first-order valence-electron chi connectivity index (χ1n) is 12.3. The minimum absolute atomic E-state index is 0.0148. The number of anilines is 1. The molecule has 1 saturated heterocycles. The minimum Gasteiger partial charge on any atom is -0.364 e. The van der Waals surface area contributed by atoms with Gasteiger partial charge < -0.3 is 21.8 Å². The maximum absolute atomic E-state index is 13.2. The molecule has 5 N–H and O–H groups in total. The number of imidazole rings is 1. The Balaban J connectivity index is 1.43. The van der Waals surface area contributed by atoms with Crippen molar-refractivity contribution in [3.63, 3.8) is 0 Å². The van der Waals surface area contributed by atoms with E-state index in [1.54, 1.807) is 59.6 Å². The molecule has 1 aliphatic heterocycles. The van der Waals surface area contributed by atoms with Gasteiger partial charge in [0.1, 0.15) is 23.2 Å². The van der Waals surface area contributed by atoms with Crippen LogP contribution >= 0.6 is 0 Å². The van der Waals surface area contributed by atoms with Gasteiger partial charge in [-0.25, -0.2) is 14.6 Å². The fourth-order valence-corrected chi connectivity index (χ4v) is 4.61. The lowest BCUT2D eigenvalue weighted by molar-refractivity contribution is -0.127. The van der Waals surface area contributed by atoms with Crippen molar-refractivity contribution < 1.29 is 14.4 Å². The number of likely N-dealkylation sites (tertiary alicyclic amines) is 1. The van der Waals surface area contributed by atoms with E-state index < -0.39 is 11.9 Å². The molecule has 2 aromatic heterocycles. The molecule has 11 nitrogen and oxygen atoms in total. The molecule has 1 aliphatic carbocycles. The molecule has 0 bridgehead atoms. The summed E-state index contributed by atoms with van der Waals surface area (Å²) in [6.45, 7) is 0.446. The van der Waals surface area contributed by atoms with E-state index >= 15 is 0 Å². The van der Waals surface area contributed by atoms with Crippen molar-refractivity contribution in [2.24, 2.45) is 11.7 Å². The fourth-order valence-electron chi connectivity index (χ4n) is 4.61. The molecule has 3 amide bonds. The van der Waals surface area contributed by atoms with E-state index in [1.165, 1.54) is 0 Å². The van der Waals surface area contributed by atoms with Crippen LogP contribution in [-0.4, -0.2) is 43.8 Å². The Kier molecular flexibility index (Phi) is 6.62. The largest absolute Gasteiger partial charge is 0.364 e. The molecule has 5 rings (SSSR count). The van der Waals surface area contributed by atoms with Crippen LogP contribution in [0.4, 0.5) is 5.82 Å². The van der Waals surface area contributed by atoms with Gasteiger partial charge in [0.2, 0.25) is 0 Å². The summed E-state index contributed by atoms with van der Waals surface area (Å²) in [7, 11) is 0. The first kappa shape index (κ1) is 24.7. The third kappa shape index (κ3) is 4.84. The Morgan fingerprint density at radius 1 is 1.11 bits per heavy atom. The SMILES string of the molecule is N#CC(=CC1CC1)C(=O)N1CCCC1c1nc(-c2ccc(C(=O)Nc3ccccn3)cc2)c(C(N)=O)n1N. The minimum atomic E-state index is -0.777. The van der Waals surface area contributed by atoms with Crippen molar-refractivity contribution in [2.75, 3.05) is 17.7 Å². The molecular weight excluding hydrogens is 484 g/mol. The number of nitrogens with two attached hydrogens (primary N) is 2. The highest BCUT2D eigenvalue weighted by molar-refractivity contribution is 6.04. The second-order valence-electron chi connectivity index (χ2n) is 9.33. The molecular formula is C27H26N8O3. The molecule has 38 heavy (non-hydrogen) atoms. The third-order valence-electron chi connectivity index (χ3n) is 6.69. The Bertz CT molecular complexity index is 1470. The molecule has 192 valence electrons. The first-order chi connectivity index (χ1) is 18.4. The summed E-state index contributed by atoms with van der Waals surface area (Å²) in [5.74, 6) is 5.83. The van der Waals surface area contributed by atoms with Gasteiger partial charge in [-0.3, -0.25) is 14.4 Å². The van der Waals surface area contributed by atoms with Gasteiger partial charge in [-0.15, -0.1) is 0 Å². The van der Waals surface area contributed by atoms with Crippen LogP contribution in [0.2, 0.25) is 0 Å². The summed E-state index contributed by atoms with van der Waals surface area (Å²) in [5, 5.41) is 12.3. The van der Waals surface area contributed by atoms with E-state index in [-0.39, 0.29) is 34.7 Å². The average molecular weight is 511 g/mol. The van der Waals surface area contributed by atoms with Crippen LogP contribution in [-0.2, 0) is 4.79 Å². The molecule has 0 spiro atoms.